The van der Waals surface area contributed by atoms with Gasteiger partial charge in [0.25, 0.3) is 0 Å². The molecule has 2 aromatic rings. The molecule has 58 valence electrons. The molecule has 0 saturated carbocycles. The summed E-state index contributed by atoms with van der Waals surface area (Å²) < 4.78 is 1.41. The molecule has 0 amide bonds. The van der Waals surface area contributed by atoms with Crippen LogP contribution in [-0.4, -0.2) is 0 Å². The van der Waals surface area contributed by atoms with Crippen LogP contribution in [-0.2, 0) is 6.42 Å². The minimum atomic E-state index is 1.11. The third-order valence-electron chi connectivity index (χ3n) is 2.40. The Balaban J connectivity index is 2.49. The Bertz CT molecular complexity index is 463. The second kappa shape index (κ2) is 2.20. The Morgan fingerprint density at radius 3 is 3.17 bits per heavy atom. The molecule has 0 saturated heterocycles. The van der Waals surface area contributed by atoms with Crippen molar-refractivity contribution in [1.29, 1.82) is 0 Å². The van der Waals surface area contributed by atoms with E-state index in [1.54, 1.807) is 0 Å². The monoisotopic (exact) mass is 172 g/mol. The summed E-state index contributed by atoms with van der Waals surface area (Å²) in [5, 5.41) is 3.62. The van der Waals surface area contributed by atoms with Crippen LogP contribution in [0.15, 0.2) is 29.7 Å². The first-order valence-electron chi connectivity index (χ1n) is 4.11. The van der Waals surface area contributed by atoms with Gasteiger partial charge >= 0.3 is 0 Å². The van der Waals surface area contributed by atoms with E-state index in [1.807, 2.05) is 11.3 Å². The minimum absolute atomic E-state index is 1.11. The van der Waals surface area contributed by atoms with Crippen LogP contribution in [0, 0.1) is 0 Å². The molecule has 12 heavy (non-hydrogen) atoms. The van der Waals surface area contributed by atoms with Crippen molar-refractivity contribution in [1.82, 2.24) is 0 Å². The number of fused-ring (bicyclic) bond motifs is 3. The Hall–Kier alpha value is -1.08. The lowest BCUT2D eigenvalue weighted by atomic mass is 10.1. The maximum Gasteiger partial charge on any atom is 0.0346 e. The van der Waals surface area contributed by atoms with Crippen molar-refractivity contribution in [3.8, 4) is 0 Å². The molecule has 0 atom stereocenters. The Morgan fingerprint density at radius 2 is 2.17 bits per heavy atom. The predicted octanol–water partition coefficient (Wildman–Crippen LogP) is 3.47. The molecule has 0 radical (unpaired) electrons. The summed E-state index contributed by atoms with van der Waals surface area (Å²) in [5.74, 6) is 0. The SMILES string of the molecule is C1=Cc2ccc3sccc3c2C1. The molecule has 0 N–H and O–H groups in total. The normalized spacial score (nSPS) is 14.0. The van der Waals surface area contributed by atoms with E-state index in [1.165, 1.54) is 21.2 Å². The molecule has 0 nitrogen and oxygen atoms in total. The fraction of sp³-hybridized carbons (Fsp3) is 0.0909. The van der Waals surface area contributed by atoms with Crippen molar-refractivity contribution in [3.05, 3.63) is 40.8 Å². The first-order chi connectivity index (χ1) is 5.95. The third-order valence-corrected chi connectivity index (χ3v) is 3.28. The van der Waals surface area contributed by atoms with Crippen LogP contribution < -0.4 is 0 Å². The smallest absolute Gasteiger partial charge is 0.0346 e. The van der Waals surface area contributed by atoms with Crippen LogP contribution >= 0.6 is 11.3 Å². The van der Waals surface area contributed by atoms with Gasteiger partial charge in [-0.05, 0) is 40.4 Å². The number of benzene rings is 1. The molecule has 0 fully saturated rings. The highest BCUT2D eigenvalue weighted by Gasteiger charge is 2.08. The number of thiophene rings is 1. The molecule has 1 aromatic carbocycles. The van der Waals surface area contributed by atoms with Gasteiger partial charge in [0, 0.05) is 4.70 Å². The fourth-order valence-corrected chi connectivity index (χ4v) is 2.62. The molecule has 1 heteroatoms. The van der Waals surface area contributed by atoms with Gasteiger partial charge in [0.1, 0.15) is 0 Å². The molecule has 3 rings (SSSR count). The highest BCUT2D eigenvalue weighted by Crippen LogP contribution is 2.31. The third kappa shape index (κ3) is 0.718. The molecule has 0 spiro atoms. The van der Waals surface area contributed by atoms with E-state index in [9.17, 15) is 0 Å². The summed E-state index contributed by atoms with van der Waals surface area (Å²) in [7, 11) is 0. The highest BCUT2D eigenvalue weighted by molar-refractivity contribution is 7.17. The van der Waals surface area contributed by atoms with Crippen LogP contribution in [0.4, 0.5) is 0 Å². The van der Waals surface area contributed by atoms with Crippen molar-refractivity contribution < 1.29 is 0 Å². The first kappa shape index (κ1) is 6.44. The minimum Gasteiger partial charge on any atom is -0.144 e. The molecule has 1 aliphatic carbocycles. The van der Waals surface area contributed by atoms with E-state index in [0.717, 1.165) is 6.42 Å². The van der Waals surface area contributed by atoms with Crippen LogP contribution in [0.5, 0.6) is 0 Å². The van der Waals surface area contributed by atoms with Crippen molar-refractivity contribution in [3.63, 3.8) is 0 Å². The molecule has 1 heterocycles. The lowest BCUT2D eigenvalue weighted by Gasteiger charge is -1.99. The zero-order chi connectivity index (χ0) is 7.97. The van der Waals surface area contributed by atoms with Gasteiger partial charge in [-0.2, -0.15) is 0 Å². The number of allylic oxidation sites excluding steroid dienone is 1. The Morgan fingerprint density at radius 1 is 1.17 bits per heavy atom. The summed E-state index contributed by atoms with van der Waals surface area (Å²) in [6.45, 7) is 0. The van der Waals surface area contributed by atoms with E-state index >= 15 is 0 Å². The van der Waals surface area contributed by atoms with Crippen molar-refractivity contribution >= 4 is 27.5 Å². The van der Waals surface area contributed by atoms with E-state index in [0.29, 0.717) is 0 Å². The summed E-state index contributed by atoms with van der Waals surface area (Å²) in [6, 6.07) is 6.66. The topological polar surface area (TPSA) is 0 Å². The largest absolute Gasteiger partial charge is 0.144 e. The van der Waals surface area contributed by atoms with Gasteiger partial charge < -0.3 is 0 Å². The van der Waals surface area contributed by atoms with Gasteiger partial charge in [-0.3, -0.25) is 0 Å². The van der Waals surface area contributed by atoms with Crippen LogP contribution in [0.25, 0.3) is 16.2 Å². The second-order valence-electron chi connectivity index (χ2n) is 3.07. The Kier molecular flexibility index (Phi) is 1.18. The van der Waals surface area contributed by atoms with Crippen molar-refractivity contribution in [2.24, 2.45) is 0 Å². The quantitative estimate of drug-likeness (QED) is 0.570. The second-order valence-corrected chi connectivity index (χ2v) is 4.02. The number of rotatable bonds is 0. The lowest BCUT2D eigenvalue weighted by molar-refractivity contribution is 1.35. The van der Waals surface area contributed by atoms with Gasteiger partial charge in [-0.25, -0.2) is 0 Å². The van der Waals surface area contributed by atoms with E-state index in [4.69, 9.17) is 0 Å². The lowest BCUT2D eigenvalue weighted by Crippen LogP contribution is -1.80. The summed E-state index contributed by atoms with van der Waals surface area (Å²) in [4.78, 5) is 0. The van der Waals surface area contributed by atoms with Gasteiger partial charge in [0.2, 0.25) is 0 Å². The standard InChI is InChI=1S/C11H8S/c1-2-8-4-5-11-10(6-7-12-11)9(8)3-1/h1-2,4-7H,3H2. The van der Waals surface area contributed by atoms with Crippen LogP contribution in [0.2, 0.25) is 0 Å². The van der Waals surface area contributed by atoms with E-state index in [2.05, 4.69) is 35.7 Å². The molecule has 0 bridgehead atoms. The summed E-state index contributed by atoms with van der Waals surface area (Å²) in [5.41, 5.74) is 2.91. The summed E-state index contributed by atoms with van der Waals surface area (Å²) in [6.07, 6.45) is 5.57. The van der Waals surface area contributed by atoms with Crippen molar-refractivity contribution in [2.45, 2.75) is 6.42 Å². The molecule has 0 aliphatic heterocycles. The van der Waals surface area contributed by atoms with Crippen LogP contribution in [0.3, 0.4) is 0 Å². The molecule has 1 aliphatic rings. The fourth-order valence-electron chi connectivity index (χ4n) is 1.81. The molecule has 0 unspecified atom stereocenters. The summed E-state index contributed by atoms with van der Waals surface area (Å²) >= 11 is 1.83. The zero-order valence-corrected chi connectivity index (χ0v) is 7.40. The number of hydrogen-bond donors (Lipinski definition) is 0. The van der Waals surface area contributed by atoms with Gasteiger partial charge in [0.15, 0.2) is 0 Å². The van der Waals surface area contributed by atoms with Gasteiger partial charge in [-0.1, -0.05) is 18.2 Å². The zero-order valence-electron chi connectivity index (χ0n) is 6.58. The number of hydrogen-bond acceptors (Lipinski definition) is 1. The molecule has 1 aromatic heterocycles. The molecular weight excluding hydrogens is 164 g/mol. The first-order valence-corrected chi connectivity index (χ1v) is 4.99. The highest BCUT2D eigenvalue weighted by atomic mass is 32.1. The average Bonchev–Trinajstić information content (AvgIpc) is 2.71. The maximum atomic E-state index is 2.24. The Labute approximate surface area is 75.2 Å². The van der Waals surface area contributed by atoms with E-state index < -0.39 is 0 Å². The van der Waals surface area contributed by atoms with E-state index in [-0.39, 0.29) is 0 Å². The molecular formula is C11H8S. The van der Waals surface area contributed by atoms with Crippen molar-refractivity contribution in [2.75, 3.05) is 0 Å². The van der Waals surface area contributed by atoms with Gasteiger partial charge in [-0.15, -0.1) is 11.3 Å². The van der Waals surface area contributed by atoms with Crippen LogP contribution in [0.1, 0.15) is 11.1 Å². The average molecular weight is 172 g/mol. The maximum absolute atomic E-state index is 2.24. The van der Waals surface area contributed by atoms with Gasteiger partial charge in [0.05, 0.1) is 0 Å². The predicted molar refractivity (Wildman–Crippen MR) is 54.6 cm³/mol.